The Morgan fingerprint density at radius 2 is 1.81 bits per heavy atom. The van der Waals surface area contributed by atoms with E-state index < -0.39 is 57.7 Å². The Balaban J connectivity index is 1.38. The van der Waals surface area contributed by atoms with Crippen LogP contribution in [0.3, 0.4) is 0 Å². The number of benzene rings is 2. The number of aromatic amines is 1. The number of halogens is 1. The molecule has 1 aliphatic carbocycles. The highest BCUT2D eigenvalue weighted by atomic mass is 19.1. The van der Waals surface area contributed by atoms with Gasteiger partial charge in [-0.1, -0.05) is 49.8 Å². The average molecular weight is 811 g/mol. The van der Waals surface area contributed by atoms with Crippen LogP contribution in [0.5, 0.6) is 5.75 Å². The predicted octanol–water partition coefficient (Wildman–Crippen LogP) is 4.94. The number of rotatable bonds is 7. The summed E-state index contributed by atoms with van der Waals surface area (Å²) in [6.45, 7) is 9.00. The summed E-state index contributed by atoms with van der Waals surface area (Å²) in [5.41, 5.74) is -0.619. The Morgan fingerprint density at radius 3 is 2.51 bits per heavy atom. The van der Waals surface area contributed by atoms with E-state index in [1.54, 1.807) is 13.2 Å². The summed E-state index contributed by atoms with van der Waals surface area (Å²) in [5, 5.41) is 14.0. The maximum atomic E-state index is 15.9. The van der Waals surface area contributed by atoms with Gasteiger partial charge in [-0.2, -0.15) is 0 Å². The molecule has 1 unspecified atom stereocenters. The molecule has 1 aromatic heterocycles. The molecule has 2 aromatic carbocycles. The van der Waals surface area contributed by atoms with Crippen molar-refractivity contribution >= 4 is 34.5 Å². The molecule has 0 amide bonds. The number of carbonyl (C=O) groups is 3. The van der Waals surface area contributed by atoms with Crippen molar-refractivity contribution in [1.29, 1.82) is 0 Å². The summed E-state index contributed by atoms with van der Waals surface area (Å²) < 4.78 is 39.7. The Kier molecular flexibility index (Phi) is 9.37. The summed E-state index contributed by atoms with van der Waals surface area (Å²) >= 11 is 0. The number of esters is 3. The number of aromatic nitrogens is 1. The van der Waals surface area contributed by atoms with Gasteiger partial charge >= 0.3 is 17.9 Å². The van der Waals surface area contributed by atoms with Gasteiger partial charge in [-0.15, -0.1) is 0 Å². The molecule has 1 saturated heterocycles. The number of methoxy groups -OCH3 is 3. The van der Waals surface area contributed by atoms with Crippen LogP contribution in [0.1, 0.15) is 68.8 Å². The molecule has 2 N–H and O–H groups in total. The zero-order chi connectivity index (χ0) is 41.8. The lowest BCUT2D eigenvalue weighted by molar-refractivity contribution is -0.228. The molecule has 314 valence electrons. The fourth-order valence-corrected chi connectivity index (χ4v) is 13.1. The summed E-state index contributed by atoms with van der Waals surface area (Å²) in [6.07, 6.45) is 7.84. The van der Waals surface area contributed by atoms with E-state index in [1.165, 1.54) is 32.8 Å². The average Bonchev–Trinajstić information content (AvgIpc) is 3.90. The molecule has 2 bridgehead atoms. The number of nitrogens with zero attached hydrogens (tertiary/aromatic N) is 3. The van der Waals surface area contributed by atoms with E-state index in [4.69, 9.17) is 18.9 Å². The van der Waals surface area contributed by atoms with Gasteiger partial charge < -0.3 is 33.9 Å². The third-order valence-corrected chi connectivity index (χ3v) is 15.1. The maximum absolute atomic E-state index is 15.9. The normalized spacial score (nSPS) is 34.4. The molecule has 2 fully saturated rings. The standard InChI is InChI=1S/C46H55FN4O8/c1-8-27-20-28-23-45(41(53)57-6,37-30(14-18-50(24-27)25-28)29-12-10-13-33(47)36(29)48-37)32-21-31-34(22-35(32)56-5)49(4)39-44(31)16-19-51-17-11-15-43(9-2,38(44)51)40(59-26(3)52)46(39,55)42(54)58-7/h10-13,15,20-22,28,38-40,48,55H,8-9,14,16-19,23-25H2,1-7H3/t28-,38+,39-,40-,43-,44-,45+,46+/m1/s1. The van der Waals surface area contributed by atoms with Crippen molar-refractivity contribution in [3.63, 3.8) is 0 Å². The minimum absolute atomic E-state index is 0.0756. The van der Waals surface area contributed by atoms with Crippen molar-refractivity contribution in [3.05, 3.63) is 82.3 Å². The van der Waals surface area contributed by atoms with Gasteiger partial charge in [0.2, 0.25) is 5.60 Å². The quantitative estimate of drug-likeness (QED) is 0.191. The van der Waals surface area contributed by atoms with Crippen LogP contribution in [0.4, 0.5) is 10.1 Å². The van der Waals surface area contributed by atoms with Gasteiger partial charge in [0.05, 0.1) is 32.9 Å². The van der Waals surface area contributed by atoms with Crippen LogP contribution in [0, 0.1) is 17.2 Å². The molecule has 13 heteroatoms. The molecular weight excluding hydrogens is 756 g/mol. The van der Waals surface area contributed by atoms with Crippen molar-refractivity contribution in [2.75, 3.05) is 66.0 Å². The number of para-hydroxylation sites is 1. The van der Waals surface area contributed by atoms with Gasteiger partial charge in [0.1, 0.15) is 17.0 Å². The van der Waals surface area contributed by atoms with E-state index >= 15 is 9.18 Å². The van der Waals surface area contributed by atoms with Crippen LogP contribution in [0.15, 0.2) is 54.1 Å². The number of aliphatic hydroxyl groups is 1. The topological polar surface area (TPSA) is 134 Å². The molecule has 9 atom stereocenters. The molecule has 9 rings (SSSR count). The van der Waals surface area contributed by atoms with Crippen molar-refractivity contribution in [1.82, 2.24) is 14.8 Å². The Morgan fingerprint density at radius 1 is 1.03 bits per heavy atom. The Bertz CT molecular complexity index is 2320. The third kappa shape index (κ3) is 5.13. The fraction of sp³-hybridized carbons (Fsp3) is 0.543. The largest absolute Gasteiger partial charge is 0.496 e. The highest BCUT2D eigenvalue weighted by Gasteiger charge is 2.80. The number of likely N-dealkylation sites (N-methyl/N-ethyl adjacent to an activating group) is 1. The molecule has 1 spiro atoms. The van der Waals surface area contributed by atoms with Gasteiger partial charge in [-0.05, 0) is 67.8 Å². The van der Waals surface area contributed by atoms with E-state index in [2.05, 4.69) is 33.8 Å². The number of hydrogen-bond acceptors (Lipinski definition) is 11. The third-order valence-electron chi connectivity index (χ3n) is 15.1. The molecule has 0 radical (unpaired) electrons. The molecule has 59 heavy (non-hydrogen) atoms. The first kappa shape index (κ1) is 39.7. The second kappa shape index (κ2) is 13.9. The minimum atomic E-state index is -2.32. The Hall–Kier alpha value is -4.72. The Labute approximate surface area is 344 Å². The zero-order valence-electron chi connectivity index (χ0n) is 35.0. The van der Waals surface area contributed by atoms with Crippen LogP contribution in [-0.4, -0.2) is 123 Å². The number of H-pyrrole nitrogens is 1. The van der Waals surface area contributed by atoms with Crippen LogP contribution < -0.4 is 9.64 Å². The number of nitrogens with one attached hydrogen (secondary N) is 1. The summed E-state index contributed by atoms with van der Waals surface area (Å²) in [4.78, 5) is 52.9. The van der Waals surface area contributed by atoms with Crippen molar-refractivity contribution in [2.45, 2.75) is 87.5 Å². The van der Waals surface area contributed by atoms with E-state index in [0.29, 0.717) is 72.4 Å². The SMILES string of the molecule is CCC1=C[C@H]2CN(CCc3c([nH]c4c(F)cccc34)[C@@](C(=O)OC)(c3cc4c(cc3OC)N(C)[C@H]3[C@@](O)(C(=O)OC)[C@H](OC(C)=O)[C@]5(CC)C=CCN6CC[C@]43[C@@H]65)C2)C1. The monoisotopic (exact) mass is 810 g/mol. The first-order chi connectivity index (χ1) is 28.3. The lowest BCUT2D eigenvalue weighted by atomic mass is 9.47. The van der Waals surface area contributed by atoms with Gasteiger partial charge in [0, 0.05) is 85.4 Å². The lowest BCUT2D eigenvalue weighted by Crippen LogP contribution is -2.81. The zero-order valence-corrected chi connectivity index (χ0v) is 35.0. The van der Waals surface area contributed by atoms with Crippen molar-refractivity contribution in [3.8, 4) is 5.75 Å². The predicted molar refractivity (Wildman–Crippen MR) is 219 cm³/mol. The van der Waals surface area contributed by atoms with E-state index in [0.717, 1.165) is 37.2 Å². The van der Waals surface area contributed by atoms with E-state index in [-0.39, 0.29) is 12.0 Å². The van der Waals surface area contributed by atoms with Crippen LogP contribution in [-0.2, 0) is 45.8 Å². The first-order valence-corrected chi connectivity index (χ1v) is 21.0. The van der Waals surface area contributed by atoms with Crippen molar-refractivity contribution in [2.24, 2.45) is 11.3 Å². The summed E-state index contributed by atoms with van der Waals surface area (Å²) in [5.74, 6) is -2.09. The van der Waals surface area contributed by atoms with Crippen LogP contribution in [0.25, 0.3) is 10.9 Å². The van der Waals surface area contributed by atoms with E-state index in [9.17, 15) is 14.7 Å². The number of ether oxygens (including phenoxy) is 4. The highest BCUT2D eigenvalue weighted by Crippen LogP contribution is 2.68. The smallest absolute Gasteiger partial charge is 0.344 e. The van der Waals surface area contributed by atoms with Crippen LogP contribution >= 0.6 is 0 Å². The molecule has 6 aliphatic rings. The van der Waals surface area contributed by atoms with Gasteiger partial charge in [0.15, 0.2) is 6.10 Å². The van der Waals surface area contributed by atoms with Gasteiger partial charge in [0.25, 0.3) is 0 Å². The number of fused-ring (bicyclic) bond motifs is 6. The summed E-state index contributed by atoms with van der Waals surface area (Å²) in [7, 11) is 6.06. The van der Waals surface area contributed by atoms with Gasteiger partial charge in [-0.25, -0.2) is 9.18 Å². The van der Waals surface area contributed by atoms with Gasteiger partial charge in [-0.3, -0.25) is 19.4 Å². The van der Waals surface area contributed by atoms with E-state index in [1.807, 2.05) is 43.2 Å². The highest BCUT2D eigenvalue weighted by molar-refractivity contribution is 5.95. The number of carbonyl (C=O) groups excluding carboxylic acids is 3. The second-order valence-corrected chi connectivity index (χ2v) is 17.6. The summed E-state index contributed by atoms with van der Waals surface area (Å²) in [6, 6.07) is 7.73. The second-order valence-electron chi connectivity index (χ2n) is 17.6. The van der Waals surface area contributed by atoms with Crippen molar-refractivity contribution < 1.29 is 42.8 Å². The molecule has 6 heterocycles. The minimum Gasteiger partial charge on any atom is -0.496 e. The molecule has 5 aliphatic heterocycles. The lowest BCUT2D eigenvalue weighted by Gasteiger charge is -2.63. The first-order valence-electron chi connectivity index (χ1n) is 21.0. The number of anilines is 1. The number of hydrogen-bond donors (Lipinski definition) is 2. The maximum Gasteiger partial charge on any atom is 0.344 e. The van der Waals surface area contributed by atoms with Crippen LogP contribution in [0.2, 0.25) is 0 Å². The molecular formula is C46H55FN4O8. The fourth-order valence-electron chi connectivity index (χ4n) is 13.1. The molecule has 3 aromatic rings. The molecule has 1 saturated carbocycles. The molecule has 12 nitrogen and oxygen atoms in total.